The zero-order valence-electron chi connectivity index (χ0n) is 17.6. The Kier molecular flexibility index (Phi) is 5.47. The normalized spacial score (nSPS) is 16.2. The van der Waals surface area contributed by atoms with Crippen molar-refractivity contribution in [2.75, 3.05) is 13.2 Å². The fraction of sp³-hybridized carbons (Fsp3) is 0.217. The molecular formula is C23H19FN4O4S. The van der Waals surface area contributed by atoms with Crippen molar-refractivity contribution >= 4 is 9.84 Å². The van der Waals surface area contributed by atoms with Crippen molar-refractivity contribution in [1.29, 1.82) is 0 Å². The van der Waals surface area contributed by atoms with Gasteiger partial charge in [0.15, 0.2) is 9.84 Å². The third kappa shape index (κ3) is 4.03. The number of ether oxygens (including phenoxy) is 1. The first-order valence-corrected chi connectivity index (χ1v) is 11.8. The molecule has 1 aliphatic heterocycles. The number of aryl methyl sites for hydroxylation is 1. The van der Waals surface area contributed by atoms with E-state index in [1.807, 2.05) is 0 Å². The van der Waals surface area contributed by atoms with Gasteiger partial charge in [-0.05, 0) is 37.6 Å². The van der Waals surface area contributed by atoms with E-state index >= 15 is 0 Å². The van der Waals surface area contributed by atoms with Gasteiger partial charge >= 0.3 is 0 Å². The molecule has 10 heteroatoms. The Hall–Kier alpha value is -3.50. The molecule has 1 unspecified atom stereocenters. The van der Waals surface area contributed by atoms with E-state index in [0.29, 0.717) is 35.7 Å². The highest BCUT2D eigenvalue weighted by Gasteiger charge is 2.31. The van der Waals surface area contributed by atoms with Crippen LogP contribution in [0.4, 0.5) is 4.39 Å². The second-order valence-corrected chi connectivity index (χ2v) is 9.86. The standard InChI is InChI=1S/C23H19FN4O4S/c1-14-21(23-28-27-22(32-23)18-4-2-3-5-19(18)24)26-20(12-25-14)15-6-8-16(9-7-15)33(29,30)17-10-11-31-13-17/h2-9,12,17H,10-11,13H2,1H3. The minimum absolute atomic E-state index is 0.0418. The lowest BCUT2D eigenvalue weighted by molar-refractivity contribution is 0.198. The minimum atomic E-state index is -3.45. The van der Waals surface area contributed by atoms with Gasteiger partial charge < -0.3 is 9.15 Å². The fourth-order valence-corrected chi connectivity index (χ4v) is 5.20. The van der Waals surface area contributed by atoms with Crippen molar-refractivity contribution < 1.29 is 22.0 Å². The molecule has 2 aromatic heterocycles. The van der Waals surface area contributed by atoms with Gasteiger partial charge in [-0.3, -0.25) is 4.98 Å². The molecule has 4 aromatic rings. The molecule has 0 saturated carbocycles. The average molecular weight is 466 g/mol. The van der Waals surface area contributed by atoms with Crippen molar-refractivity contribution in [2.45, 2.75) is 23.5 Å². The van der Waals surface area contributed by atoms with Crippen molar-refractivity contribution in [3.8, 4) is 34.3 Å². The van der Waals surface area contributed by atoms with Crippen molar-refractivity contribution in [3.63, 3.8) is 0 Å². The number of benzene rings is 2. The predicted molar refractivity (Wildman–Crippen MR) is 117 cm³/mol. The topological polar surface area (TPSA) is 108 Å². The van der Waals surface area contributed by atoms with Crippen LogP contribution in [0.15, 0.2) is 64.0 Å². The number of halogens is 1. The smallest absolute Gasteiger partial charge is 0.268 e. The van der Waals surface area contributed by atoms with E-state index in [2.05, 4.69) is 20.2 Å². The summed E-state index contributed by atoms with van der Waals surface area (Å²) in [4.78, 5) is 9.20. The van der Waals surface area contributed by atoms with E-state index in [9.17, 15) is 12.8 Å². The minimum Gasteiger partial charge on any atom is -0.414 e. The molecule has 5 rings (SSSR count). The molecule has 8 nitrogen and oxygen atoms in total. The first kappa shape index (κ1) is 21.4. The van der Waals surface area contributed by atoms with Gasteiger partial charge in [0, 0.05) is 12.2 Å². The van der Waals surface area contributed by atoms with Crippen LogP contribution in [0.1, 0.15) is 12.1 Å². The van der Waals surface area contributed by atoms with Crippen LogP contribution in [0, 0.1) is 12.7 Å². The third-order valence-corrected chi connectivity index (χ3v) is 7.67. The molecule has 33 heavy (non-hydrogen) atoms. The first-order chi connectivity index (χ1) is 15.9. The molecular weight excluding hydrogens is 447 g/mol. The molecule has 1 fully saturated rings. The van der Waals surface area contributed by atoms with E-state index in [1.165, 1.54) is 6.07 Å². The Bertz CT molecular complexity index is 1410. The van der Waals surface area contributed by atoms with Gasteiger partial charge in [0.25, 0.3) is 11.8 Å². The third-order valence-electron chi connectivity index (χ3n) is 5.49. The van der Waals surface area contributed by atoms with E-state index < -0.39 is 20.9 Å². The van der Waals surface area contributed by atoms with Crippen LogP contribution in [0.25, 0.3) is 34.3 Å². The summed E-state index contributed by atoms with van der Waals surface area (Å²) >= 11 is 0. The summed E-state index contributed by atoms with van der Waals surface area (Å²) < 4.78 is 50.5. The SMILES string of the molecule is Cc1ncc(-c2ccc(S(=O)(=O)C3CCOC3)cc2)nc1-c1nnc(-c2ccccc2F)o1. The van der Waals surface area contributed by atoms with E-state index in [-0.39, 0.29) is 28.8 Å². The largest absolute Gasteiger partial charge is 0.414 e. The summed E-state index contributed by atoms with van der Waals surface area (Å²) in [5, 5.41) is 7.44. The van der Waals surface area contributed by atoms with Gasteiger partial charge in [-0.25, -0.2) is 17.8 Å². The lowest BCUT2D eigenvalue weighted by Gasteiger charge is -2.10. The average Bonchev–Trinajstić information content (AvgIpc) is 3.53. The lowest BCUT2D eigenvalue weighted by atomic mass is 10.1. The maximum atomic E-state index is 14.1. The number of hydrogen-bond donors (Lipinski definition) is 0. The number of hydrogen-bond acceptors (Lipinski definition) is 8. The van der Waals surface area contributed by atoms with Gasteiger partial charge in [-0.15, -0.1) is 10.2 Å². The summed E-state index contributed by atoms with van der Waals surface area (Å²) in [5.74, 6) is -0.316. The Labute approximate surface area is 189 Å². The highest BCUT2D eigenvalue weighted by molar-refractivity contribution is 7.92. The maximum absolute atomic E-state index is 14.1. The summed E-state index contributed by atoms with van der Waals surface area (Å²) in [7, 11) is -3.45. The first-order valence-electron chi connectivity index (χ1n) is 10.3. The molecule has 3 heterocycles. The quantitative estimate of drug-likeness (QED) is 0.436. The number of aromatic nitrogens is 4. The molecule has 0 amide bonds. The highest BCUT2D eigenvalue weighted by Crippen LogP contribution is 2.29. The summed E-state index contributed by atoms with van der Waals surface area (Å²) in [6.45, 7) is 2.42. The van der Waals surface area contributed by atoms with Crippen LogP contribution in [0.3, 0.4) is 0 Å². The molecule has 1 saturated heterocycles. The van der Waals surface area contributed by atoms with Crippen LogP contribution >= 0.6 is 0 Å². The molecule has 1 aliphatic rings. The van der Waals surface area contributed by atoms with Crippen LogP contribution in [-0.2, 0) is 14.6 Å². The van der Waals surface area contributed by atoms with Crippen LogP contribution in [-0.4, -0.2) is 47.0 Å². The Morgan fingerprint density at radius 1 is 1.03 bits per heavy atom. The Morgan fingerprint density at radius 3 is 2.52 bits per heavy atom. The molecule has 1 atom stereocenters. The highest BCUT2D eigenvalue weighted by atomic mass is 32.2. The Balaban J connectivity index is 1.46. The van der Waals surface area contributed by atoms with Gasteiger partial charge in [0.2, 0.25) is 0 Å². The van der Waals surface area contributed by atoms with Crippen LogP contribution in [0.2, 0.25) is 0 Å². The molecule has 0 N–H and O–H groups in total. The van der Waals surface area contributed by atoms with Gasteiger partial charge in [0.05, 0.1) is 39.9 Å². The maximum Gasteiger partial charge on any atom is 0.268 e. The number of nitrogens with zero attached hydrogens (tertiary/aromatic N) is 4. The van der Waals surface area contributed by atoms with Crippen LogP contribution in [0.5, 0.6) is 0 Å². The summed E-state index contributed by atoms with van der Waals surface area (Å²) in [5.41, 5.74) is 2.31. The monoisotopic (exact) mass is 466 g/mol. The molecule has 2 aromatic carbocycles. The molecule has 0 spiro atoms. The second-order valence-electron chi connectivity index (χ2n) is 7.64. The number of sulfone groups is 1. The number of rotatable bonds is 5. The van der Waals surface area contributed by atoms with Crippen molar-refractivity contribution in [1.82, 2.24) is 20.2 Å². The predicted octanol–water partition coefficient (Wildman–Crippen LogP) is 3.87. The second kappa shape index (κ2) is 8.45. The zero-order chi connectivity index (χ0) is 23.0. The molecule has 0 bridgehead atoms. The molecule has 0 aliphatic carbocycles. The summed E-state index contributed by atoms with van der Waals surface area (Å²) in [6.07, 6.45) is 2.08. The van der Waals surface area contributed by atoms with Gasteiger partial charge in [-0.1, -0.05) is 24.3 Å². The zero-order valence-corrected chi connectivity index (χ0v) is 18.4. The molecule has 0 radical (unpaired) electrons. The van der Waals surface area contributed by atoms with Crippen molar-refractivity contribution in [3.05, 3.63) is 66.2 Å². The fourth-order valence-electron chi connectivity index (χ4n) is 3.62. The molecule has 168 valence electrons. The Morgan fingerprint density at radius 2 is 1.79 bits per heavy atom. The van der Waals surface area contributed by atoms with Crippen molar-refractivity contribution in [2.24, 2.45) is 0 Å². The van der Waals surface area contributed by atoms with Crippen LogP contribution < -0.4 is 0 Å². The lowest BCUT2D eigenvalue weighted by Crippen LogP contribution is -2.21. The van der Waals surface area contributed by atoms with E-state index in [0.717, 1.165) is 0 Å². The summed E-state index contributed by atoms with van der Waals surface area (Å²) in [6, 6.07) is 12.6. The van der Waals surface area contributed by atoms with Gasteiger partial charge in [0.1, 0.15) is 11.5 Å². The van der Waals surface area contributed by atoms with Gasteiger partial charge in [-0.2, -0.15) is 0 Å². The van der Waals surface area contributed by atoms with E-state index in [1.54, 1.807) is 55.6 Å². The van der Waals surface area contributed by atoms with E-state index in [4.69, 9.17) is 9.15 Å².